The van der Waals surface area contributed by atoms with Crippen molar-refractivity contribution < 1.29 is 12.8 Å². The lowest BCUT2D eigenvalue weighted by Gasteiger charge is -2.42. The fourth-order valence-corrected chi connectivity index (χ4v) is 4.82. The summed E-state index contributed by atoms with van der Waals surface area (Å²) in [6.45, 7) is 5.86. The molecule has 2 aliphatic heterocycles. The number of benzene rings is 1. The number of hydrogen-bond acceptors (Lipinski definition) is 5. The van der Waals surface area contributed by atoms with E-state index in [9.17, 15) is 12.8 Å². The summed E-state index contributed by atoms with van der Waals surface area (Å²) in [6, 6.07) is 6.32. The van der Waals surface area contributed by atoms with Crippen molar-refractivity contribution in [3.05, 3.63) is 30.1 Å². The van der Waals surface area contributed by atoms with E-state index in [0.717, 1.165) is 18.8 Å². The Kier molecular flexibility index (Phi) is 5.64. The van der Waals surface area contributed by atoms with Crippen molar-refractivity contribution >= 4 is 21.5 Å². The van der Waals surface area contributed by atoms with Gasteiger partial charge in [0.25, 0.3) is 0 Å². The standard InChI is InChI=1S/C18H27FN4O2S/c1-14(2)26(24,25)23-11-7-18(8-12-23)17(20-9-4-10-21-18)22-16-6-3-5-15(19)13-16/h3,5-6,13-14,21H,4,7-12H2,1-2H3,(H,20,22). The lowest BCUT2D eigenvalue weighted by atomic mass is 9.86. The van der Waals surface area contributed by atoms with Crippen molar-refractivity contribution in [1.29, 1.82) is 0 Å². The van der Waals surface area contributed by atoms with Crippen molar-refractivity contribution in [2.75, 3.05) is 31.5 Å². The molecule has 1 saturated heterocycles. The van der Waals surface area contributed by atoms with Crippen molar-refractivity contribution in [1.82, 2.24) is 9.62 Å². The van der Waals surface area contributed by atoms with Gasteiger partial charge in [0.15, 0.2) is 0 Å². The molecule has 26 heavy (non-hydrogen) atoms. The van der Waals surface area contributed by atoms with Crippen LogP contribution in [0.3, 0.4) is 0 Å². The van der Waals surface area contributed by atoms with Gasteiger partial charge in [-0.15, -0.1) is 0 Å². The Bertz CT molecular complexity index is 771. The van der Waals surface area contributed by atoms with Gasteiger partial charge in [-0.3, -0.25) is 4.99 Å². The summed E-state index contributed by atoms with van der Waals surface area (Å²) < 4.78 is 40.0. The quantitative estimate of drug-likeness (QED) is 0.841. The molecule has 0 bridgehead atoms. The Morgan fingerprint density at radius 3 is 2.69 bits per heavy atom. The summed E-state index contributed by atoms with van der Waals surface area (Å²) in [4.78, 5) is 4.70. The van der Waals surface area contributed by atoms with Crippen LogP contribution in [0.15, 0.2) is 29.3 Å². The van der Waals surface area contributed by atoms with E-state index in [0.29, 0.717) is 38.2 Å². The number of aliphatic imine (C=N–C) groups is 1. The van der Waals surface area contributed by atoms with Crippen LogP contribution in [0.25, 0.3) is 0 Å². The number of nitrogens with one attached hydrogen (secondary N) is 2. The number of halogens is 1. The van der Waals surface area contributed by atoms with Crippen LogP contribution in [0.4, 0.5) is 10.1 Å². The molecule has 3 rings (SSSR count). The van der Waals surface area contributed by atoms with Gasteiger partial charge in [-0.25, -0.2) is 17.1 Å². The van der Waals surface area contributed by atoms with E-state index < -0.39 is 20.8 Å². The van der Waals surface area contributed by atoms with Crippen molar-refractivity contribution in [3.63, 3.8) is 0 Å². The zero-order valence-corrected chi connectivity index (χ0v) is 16.2. The van der Waals surface area contributed by atoms with Gasteiger partial charge in [-0.1, -0.05) is 6.07 Å². The van der Waals surface area contributed by atoms with Gasteiger partial charge in [-0.2, -0.15) is 0 Å². The van der Waals surface area contributed by atoms with Crippen LogP contribution in [0, 0.1) is 5.82 Å². The zero-order chi connectivity index (χ0) is 18.8. The van der Waals surface area contributed by atoms with Crippen molar-refractivity contribution in [3.8, 4) is 0 Å². The molecular formula is C18H27FN4O2S. The van der Waals surface area contributed by atoms with E-state index in [1.165, 1.54) is 12.1 Å². The topological polar surface area (TPSA) is 73.8 Å². The normalized spacial score (nSPS) is 21.5. The Morgan fingerprint density at radius 1 is 1.31 bits per heavy atom. The summed E-state index contributed by atoms with van der Waals surface area (Å²) in [6.07, 6.45) is 2.20. The van der Waals surface area contributed by atoms with Gasteiger partial charge >= 0.3 is 0 Å². The van der Waals surface area contributed by atoms with Crippen LogP contribution in [0.1, 0.15) is 33.1 Å². The largest absolute Gasteiger partial charge is 0.342 e. The first kappa shape index (κ1) is 19.3. The maximum atomic E-state index is 13.5. The highest BCUT2D eigenvalue weighted by Gasteiger charge is 2.42. The monoisotopic (exact) mass is 382 g/mol. The Hall–Kier alpha value is -1.51. The molecule has 0 amide bonds. The molecule has 0 unspecified atom stereocenters. The van der Waals surface area contributed by atoms with Gasteiger partial charge < -0.3 is 10.6 Å². The first-order valence-corrected chi connectivity index (χ1v) is 10.7. The van der Waals surface area contributed by atoms with Crippen LogP contribution < -0.4 is 10.6 Å². The second-order valence-corrected chi connectivity index (χ2v) is 9.71. The maximum absolute atomic E-state index is 13.5. The first-order valence-electron chi connectivity index (χ1n) is 9.15. The molecule has 2 heterocycles. The summed E-state index contributed by atoms with van der Waals surface area (Å²) in [5, 5.41) is 6.43. The summed E-state index contributed by atoms with van der Waals surface area (Å²) in [5.41, 5.74) is 0.260. The Morgan fingerprint density at radius 2 is 2.04 bits per heavy atom. The number of piperidine rings is 1. The molecular weight excluding hydrogens is 355 g/mol. The highest BCUT2D eigenvalue weighted by molar-refractivity contribution is 7.89. The third-order valence-corrected chi connectivity index (χ3v) is 7.42. The highest BCUT2D eigenvalue weighted by atomic mass is 32.2. The van der Waals surface area contributed by atoms with E-state index in [1.807, 2.05) is 6.07 Å². The average molecular weight is 383 g/mol. The van der Waals surface area contributed by atoms with E-state index >= 15 is 0 Å². The van der Waals surface area contributed by atoms with Gasteiger partial charge in [0.2, 0.25) is 10.0 Å². The van der Waals surface area contributed by atoms with Gasteiger partial charge in [0, 0.05) is 25.3 Å². The molecule has 144 valence electrons. The summed E-state index contributed by atoms with van der Waals surface area (Å²) in [7, 11) is -3.25. The smallest absolute Gasteiger partial charge is 0.216 e. The van der Waals surface area contributed by atoms with Crippen molar-refractivity contribution in [2.45, 2.75) is 43.9 Å². The fourth-order valence-electron chi connectivity index (χ4n) is 3.53. The van der Waals surface area contributed by atoms with E-state index in [2.05, 4.69) is 10.6 Å². The summed E-state index contributed by atoms with van der Waals surface area (Å²) >= 11 is 0. The number of amidine groups is 1. The highest BCUT2D eigenvalue weighted by Crippen LogP contribution is 2.29. The molecule has 0 radical (unpaired) electrons. The minimum atomic E-state index is -3.25. The third kappa shape index (κ3) is 3.92. The molecule has 0 saturated carbocycles. The van der Waals surface area contributed by atoms with Crippen LogP contribution in [0.2, 0.25) is 0 Å². The van der Waals surface area contributed by atoms with Crippen LogP contribution >= 0.6 is 0 Å². The molecule has 8 heteroatoms. The van der Waals surface area contributed by atoms with Crippen LogP contribution in [-0.2, 0) is 10.0 Å². The van der Waals surface area contributed by atoms with E-state index in [4.69, 9.17) is 4.99 Å². The maximum Gasteiger partial charge on any atom is 0.216 e. The van der Waals surface area contributed by atoms with Crippen molar-refractivity contribution in [2.24, 2.45) is 4.99 Å². The predicted octanol–water partition coefficient (Wildman–Crippen LogP) is 2.20. The molecule has 1 spiro atoms. The third-order valence-electron chi connectivity index (χ3n) is 5.14. The summed E-state index contributed by atoms with van der Waals surface area (Å²) in [5.74, 6) is 0.478. The number of rotatable bonds is 3. The minimum absolute atomic E-state index is 0.302. The molecule has 1 aromatic rings. The van der Waals surface area contributed by atoms with Gasteiger partial charge in [0.05, 0.1) is 10.8 Å². The average Bonchev–Trinajstić information content (AvgIpc) is 2.78. The molecule has 6 nitrogen and oxygen atoms in total. The number of sulfonamides is 1. The lowest BCUT2D eigenvalue weighted by molar-refractivity contribution is 0.251. The number of hydrogen-bond donors (Lipinski definition) is 2. The lowest BCUT2D eigenvalue weighted by Crippen LogP contribution is -2.60. The Labute approximate surface area is 154 Å². The molecule has 0 aromatic heterocycles. The second-order valence-electron chi connectivity index (χ2n) is 7.22. The predicted molar refractivity (Wildman–Crippen MR) is 103 cm³/mol. The minimum Gasteiger partial charge on any atom is -0.342 e. The van der Waals surface area contributed by atoms with E-state index in [1.54, 1.807) is 24.2 Å². The second kappa shape index (κ2) is 7.62. The SMILES string of the molecule is CC(C)S(=O)(=O)N1CCC2(CC1)NCCCN=C2Nc1cccc(F)c1. The molecule has 0 atom stereocenters. The number of nitrogens with zero attached hydrogens (tertiary/aromatic N) is 2. The van der Waals surface area contributed by atoms with Gasteiger partial charge in [-0.05, 0) is 57.9 Å². The molecule has 0 aliphatic carbocycles. The molecule has 2 aliphatic rings. The van der Waals surface area contributed by atoms with Crippen LogP contribution in [-0.4, -0.2) is 55.5 Å². The number of anilines is 1. The molecule has 2 N–H and O–H groups in total. The van der Waals surface area contributed by atoms with Crippen LogP contribution in [0.5, 0.6) is 0 Å². The van der Waals surface area contributed by atoms with Gasteiger partial charge in [0.1, 0.15) is 11.7 Å². The first-order chi connectivity index (χ1) is 12.3. The molecule has 1 aromatic carbocycles. The zero-order valence-electron chi connectivity index (χ0n) is 15.3. The Balaban J connectivity index is 1.80. The fraction of sp³-hybridized carbons (Fsp3) is 0.611. The van der Waals surface area contributed by atoms with E-state index in [-0.39, 0.29) is 5.82 Å². The molecule has 1 fully saturated rings.